The Morgan fingerprint density at radius 3 is 2.11 bits per heavy atom. The van der Waals surface area contributed by atoms with Crippen molar-refractivity contribution in [3.8, 4) is 0 Å². The lowest BCUT2D eigenvalue weighted by Crippen LogP contribution is -2.27. The van der Waals surface area contributed by atoms with Crippen LogP contribution in [0.25, 0.3) is 0 Å². The molecule has 0 aromatic heterocycles. The molecule has 0 aliphatic heterocycles. The van der Waals surface area contributed by atoms with Gasteiger partial charge in [0, 0.05) is 5.75 Å². The van der Waals surface area contributed by atoms with Crippen molar-refractivity contribution >= 4 is 18.9 Å². The molecule has 0 heterocycles. The fourth-order valence-corrected chi connectivity index (χ4v) is 0.471. The normalized spacial score (nSPS) is 11.1. The Morgan fingerprint density at radius 1 is 1.67 bits per heavy atom. The van der Waals surface area contributed by atoms with E-state index in [1.54, 1.807) is 7.05 Å². The third kappa shape index (κ3) is 7.98. The molecule has 56 valence electrons. The molecule has 0 spiro atoms. The van der Waals surface area contributed by atoms with Gasteiger partial charge in [-0.1, -0.05) is 13.8 Å². The first-order valence-corrected chi connectivity index (χ1v) is 3.71. The standard InChI is InChI=1S/C4H9NOS.C2H6/c1-5-4(2-6)3-7;1-2/h2,4-5,7H,3H2,1H3;1-2H3/t4-;/m1./s1. The van der Waals surface area contributed by atoms with E-state index in [2.05, 4.69) is 17.9 Å². The largest absolute Gasteiger partial charge is 0.310 e. The molecule has 0 saturated heterocycles. The van der Waals surface area contributed by atoms with E-state index in [0.717, 1.165) is 6.29 Å². The second-order valence-electron chi connectivity index (χ2n) is 1.21. The summed E-state index contributed by atoms with van der Waals surface area (Å²) in [4.78, 5) is 9.86. The van der Waals surface area contributed by atoms with E-state index in [9.17, 15) is 4.79 Å². The number of hydrogen-bond donors (Lipinski definition) is 2. The SMILES string of the molecule is CC.CN[C@H](C=O)CS. The minimum absolute atomic E-state index is 0.0802. The minimum atomic E-state index is -0.0802. The molecule has 0 saturated carbocycles. The zero-order valence-corrected chi connectivity index (χ0v) is 7.11. The van der Waals surface area contributed by atoms with Crippen molar-refractivity contribution in [2.75, 3.05) is 12.8 Å². The Balaban J connectivity index is 0. The van der Waals surface area contributed by atoms with E-state index < -0.39 is 0 Å². The lowest BCUT2D eigenvalue weighted by molar-refractivity contribution is -0.109. The molecular formula is C6H15NOS. The van der Waals surface area contributed by atoms with Gasteiger partial charge in [-0.3, -0.25) is 0 Å². The lowest BCUT2D eigenvalue weighted by atomic mass is 10.4. The molecule has 0 aromatic rings. The Morgan fingerprint density at radius 2 is 2.11 bits per heavy atom. The van der Waals surface area contributed by atoms with Crippen LogP contribution in [0.3, 0.4) is 0 Å². The Kier molecular flexibility index (Phi) is 14.2. The molecule has 0 aliphatic carbocycles. The van der Waals surface area contributed by atoms with Crippen molar-refractivity contribution < 1.29 is 4.79 Å². The molecule has 0 rings (SSSR count). The zero-order valence-electron chi connectivity index (χ0n) is 6.22. The van der Waals surface area contributed by atoms with Crippen LogP contribution in [0.2, 0.25) is 0 Å². The van der Waals surface area contributed by atoms with E-state index in [1.165, 1.54) is 0 Å². The van der Waals surface area contributed by atoms with Crippen LogP contribution in [0.4, 0.5) is 0 Å². The summed E-state index contributed by atoms with van der Waals surface area (Å²) in [7, 11) is 1.73. The van der Waals surface area contributed by atoms with Gasteiger partial charge in [0.1, 0.15) is 6.29 Å². The molecule has 1 atom stereocenters. The number of rotatable bonds is 3. The highest BCUT2D eigenvalue weighted by molar-refractivity contribution is 7.80. The van der Waals surface area contributed by atoms with E-state index in [0.29, 0.717) is 5.75 Å². The Bertz CT molecular complexity index is 55.0. The summed E-state index contributed by atoms with van der Waals surface area (Å²) in [5, 5.41) is 2.76. The molecule has 0 amide bonds. The predicted octanol–water partition coefficient (Wildman–Crippen LogP) is 0.729. The molecule has 0 aliphatic rings. The number of thiol groups is 1. The van der Waals surface area contributed by atoms with Crippen LogP contribution in [-0.4, -0.2) is 25.1 Å². The quantitative estimate of drug-likeness (QED) is 0.457. The fourth-order valence-electron chi connectivity index (χ4n) is 0.202. The first-order chi connectivity index (χ1) is 4.35. The van der Waals surface area contributed by atoms with Gasteiger partial charge in [-0.05, 0) is 7.05 Å². The minimum Gasteiger partial charge on any atom is -0.310 e. The number of likely N-dealkylation sites (N-methyl/N-ethyl adjacent to an activating group) is 1. The predicted molar refractivity (Wildman–Crippen MR) is 44.1 cm³/mol. The van der Waals surface area contributed by atoms with E-state index in [4.69, 9.17) is 0 Å². The number of hydrogen-bond acceptors (Lipinski definition) is 3. The summed E-state index contributed by atoms with van der Waals surface area (Å²) in [6.07, 6.45) is 0.840. The molecule has 0 bridgehead atoms. The van der Waals surface area contributed by atoms with Crippen molar-refractivity contribution in [1.82, 2.24) is 5.32 Å². The van der Waals surface area contributed by atoms with Gasteiger partial charge in [-0.2, -0.15) is 12.6 Å². The summed E-state index contributed by atoms with van der Waals surface area (Å²) in [6, 6.07) is -0.0802. The molecule has 3 heteroatoms. The third-order valence-corrected chi connectivity index (χ3v) is 1.13. The molecule has 9 heavy (non-hydrogen) atoms. The first kappa shape index (κ1) is 11.7. The third-order valence-electron chi connectivity index (χ3n) is 0.732. The number of nitrogens with one attached hydrogen (secondary N) is 1. The number of carbonyl (C=O) groups is 1. The van der Waals surface area contributed by atoms with Gasteiger partial charge in [0.05, 0.1) is 6.04 Å². The molecule has 0 radical (unpaired) electrons. The maximum atomic E-state index is 9.86. The number of carbonyl (C=O) groups excluding carboxylic acids is 1. The van der Waals surface area contributed by atoms with Crippen molar-refractivity contribution in [3.63, 3.8) is 0 Å². The average molecular weight is 149 g/mol. The molecule has 2 nitrogen and oxygen atoms in total. The summed E-state index contributed by atoms with van der Waals surface area (Å²) in [5.41, 5.74) is 0. The smallest absolute Gasteiger partial charge is 0.137 e. The summed E-state index contributed by atoms with van der Waals surface area (Å²) in [6.45, 7) is 4.00. The Hall–Kier alpha value is -0.0200. The number of aldehydes is 1. The van der Waals surface area contributed by atoms with Crippen LogP contribution >= 0.6 is 12.6 Å². The molecule has 1 N–H and O–H groups in total. The second-order valence-corrected chi connectivity index (χ2v) is 1.58. The van der Waals surface area contributed by atoms with Gasteiger partial charge in [-0.25, -0.2) is 0 Å². The van der Waals surface area contributed by atoms with Crippen molar-refractivity contribution in [2.24, 2.45) is 0 Å². The molecular weight excluding hydrogens is 134 g/mol. The van der Waals surface area contributed by atoms with Crippen molar-refractivity contribution in [3.05, 3.63) is 0 Å². The average Bonchev–Trinajstić information content (AvgIpc) is 1.96. The summed E-state index contributed by atoms with van der Waals surface area (Å²) >= 11 is 3.88. The highest BCUT2D eigenvalue weighted by atomic mass is 32.1. The van der Waals surface area contributed by atoms with Gasteiger partial charge in [0.15, 0.2) is 0 Å². The molecule has 0 unspecified atom stereocenters. The van der Waals surface area contributed by atoms with E-state index in [-0.39, 0.29) is 6.04 Å². The fraction of sp³-hybridized carbons (Fsp3) is 0.833. The lowest BCUT2D eigenvalue weighted by Gasteiger charge is -2.00. The van der Waals surface area contributed by atoms with E-state index >= 15 is 0 Å². The summed E-state index contributed by atoms with van der Waals surface area (Å²) < 4.78 is 0. The zero-order chi connectivity index (χ0) is 7.70. The van der Waals surface area contributed by atoms with Crippen LogP contribution in [-0.2, 0) is 4.79 Å². The van der Waals surface area contributed by atoms with Crippen molar-refractivity contribution in [1.29, 1.82) is 0 Å². The molecule has 0 aromatic carbocycles. The Labute approximate surface area is 62.4 Å². The molecule has 0 fully saturated rings. The van der Waals surface area contributed by atoms with Crippen LogP contribution in [0.1, 0.15) is 13.8 Å². The van der Waals surface area contributed by atoms with Gasteiger partial charge >= 0.3 is 0 Å². The van der Waals surface area contributed by atoms with Crippen LogP contribution in [0, 0.1) is 0 Å². The van der Waals surface area contributed by atoms with Crippen LogP contribution in [0.5, 0.6) is 0 Å². The highest BCUT2D eigenvalue weighted by Gasteiger charge is 1.95. The van der Waals surface area contributed by atoms with Gasteiger partial charge < -0.3 is 10.1 Å². The topological polar surface area (TPSA) is 29.1 Å². The van der Waals surface area contributed by atoms with E-state index in [1.807, 2.05) is 13.8 Å². The monoisotopic (exact) mass is 149 g/mol. The highest BCUT2D eigenvalue weighted by Crippen LogP contribution is 1.78. The van der Waals surface area contributed by atoms with Crippen molar-refractivity contribution in [2.45, 2.75) is 19.9 Å². The van der Waals surface area contributed by atoms with Gasteiger partial charge in [0.25, 0.3) is 0 Å². The van der Waals surface area contributed by atoms with Crippen LogP contribution in [0.15, 0.2) is 0 Å². The maximum Gasteiger partial charge on any atom is 0.137 e. The maximum absolute atomic E-state index is 9.86. The first-order valence-electron chi connectivity index (χ1n) is 3.08. The summed E-state index contributed by atoms with van der Waals surface area (Å²) in [5.74, 6) is 0.569. The van der Waals surface area contributed by atoms with Crippen LogP contribution < -0.4 is 5.32 Å². The second kappa shape index (κ2) is 10.9. The van der Waals surface area contributed by atoms with Gasteiger partial charge in [0.2, 0.25) is 0 Å². The van der Waals surface area contributed by atoms with Gasteiger partial charge in [-0.15, -0.1) is 0 Å².